The number of sulfonamides is 1. The highest BCUT2D eigenvalue weighted by molar-refractivity contribution is 9.10. The van der Waals surface area contributed by atoms with Crippen LogP contribution in [-0.4, -0.2) is 38.4 Å². The Bertz CT molecular complexity index is 554. The highest BCUT2D eigenvalue weighted by Crippen LogP contribution is 2.28. The predicted octanol–water partition coefficient (Wildman–Crippen LogP) is 2.51. The molecule has 8 heteroatoms. The molecule has 0 amide bonds. The number of benzene rings is 1. The third-order valence-electron chi connectivity index (χ3n) is 2.92. The molecule has 0 saturated carbocycles. The van der Waals surface area contributed by atoms with Crippen LogP contribution >= 0.6 is 39.9 Å². The van der Waals surface area contributed by atoms with Gasteiger partial charge in [-0.25, -0.2) is 8.42 Å². The lowest BCUT2D eigenvalue weighted by molar-refractivity contribution is 0.284. The van der Waals surface area contributed by atoms with Crippen LogP contribution in [0.5, 0.6) is 0 Å². The van der Waals surface area contributed by atoms with Crippen molar-refractivity contribution in [2.45, 2.75) is 17.9 Å². The first-order valence-corrected chi connectivity index (χ1v) is 8.21. The summed E-state index contributed by atoms with van der Waals surface area (Å²) in [6, 6.07) is 4.76. The van der Waals surface area contributed by atoms with Crippen LogP contribution < -0.4 is 5.32 Å². The molecule has 1 aliphatic heterocycles. The Morgan fingerprint density at radius 3 is 2.74 bits per heavy atom. The fourth-order valence-corrected chi connectivity index (χ4v) is 4.63. The number of nitrogens with zero attached hydrogens (tertiary/aromatic N) is 1. The van der Waals surface area contributed by atoms with E-state index in [1.807, 2.05) is 6.92 Å². The van der Waals surface area contributed by atoms with Gasteiger partial charge in [0.2, 0.25) is 10.0 Å². The average molecular weight is 390 g/mol. The number of halogens is 3. The monoisotopic (exact) mass is 388 g/mol. The lowest BCUT2D eigenvalue weighted by Gasteiger charge is -2.33. The van der Waals surface area contributed by atoms with E-state index in [9.17, 15) is 8.42 Å². The van der Waals surface area contributed by atoms with E-state index < -0.39 is 10.0 Å². The number of rotatable bonds is 2. The van der Waals surface area contributed by atoms with Crippen LogP contribution in [0.3, 0.4) is 0 Å². The van der Waals surface area contributed by atoms with Crippen molar-refractivity contribution in [2.75, 3.05) is 19.6 Å². The van der Waals surface area contributed by atoms with Gasteiger partial charge in [0.15, 0.2) is 0 Å². The molecule has 19 heavy (non-hydrogen) atoms. The van der Waals surface area contributed by atoms with Gasteiger partial charge in [-0.05, 0) is 25.1 Å². The quantitative estimate of drug-likeness (QED) is 0.845. The van der Waals surface area contributed by atoms with Gasteiger partial charge in [-0.15, -0.1) is 12.4 Å². The van der Waals surface area contributed by atoms with Crippen molar-refractivity contribution in [1.29, 1.82) is 0 Å². The molecule has 1 aromatic carbocycles. The van der Waals surface area contributed by atoms with Crippen molar-refractivity contribution in [3.05, 3.63) is 27.7 Å². The summed E-state index contributed by atoms with van der Waals surface area (Å²) in [6.45, 7) is 3.68. The lowest BCUT2D eigenvalue weighted by atomic mass is 10.3. The minimum Gasteiger partial charge on any atom is -0.314 e. The number of nitrogens with one attached hydrogen (secondary N) is 1. The van der Waals surface area contributed by atoms with Gasteiger partial charge in [-0.3, -0.25) is 0 Å². The first-order valence-electron chi connectivity index (χ1n) is 5.60. The van der Waals surface area contributed by atoms with Crippen LogP contribution in [0.4, 0.5) is 0 Å². The molecule has 108 valence electrons. The molecule has 4 nitrogen and oxygen atoms in total. The van der Waals surface area contributed by atoms with Crippen molar-refractivity contribution in [3.8, 4) is 0 Å². The topological polar surface area (TPSA) is 49.4 Å². The van der Waals surface area contributed by atoms with Crippen LogP contribution in [-0.2, 0) is 10.0 Å². The Balaban J connectivity index is 0.00000180. The lowest BCUT2D eigenvalue weighted by Crippen LogP contribution is -2.52. The molecular formula is C11H15BrCl2N2O2S. The molecule has 0 radical (unpaired) electrons. The maximum absolute atomic E-state index is 12.5. The molecule has 1 saturated heterocycles. The highest BCUT2D eigenvalue weighted by atomic mass is 79.9. The Labute approximate surface area is 133 Å². The van der Waals surface area contributed by atoms with Crippen LogP contribution in [0, 0.1) is 0 Å². The molecular weight excluding hydrogens is 375 g/mol. The Morgan fingerprint density at radius 1 is 1.47 bits per heavy atom. The van der Waals surface area contributed by atoms with Gasteiger partial charge in [0.25, 0.3) is 0 Å². The van der Waals surface area contributed by atoms with E-state index in [2.05, 4.69) is 21.2 Å². The summed E-state index contributed by atoms with van der Waals surface area (Å²) in [5.74, 6) is 0. The van der Waals surface area contributed by atoms with E-state index >= 15 is 0 Å². The standard InChI is InChI=1S/C11H14BrClN2O2S.ClH/c1-8-7-14-4-5-15(8)18(16,17)11-3-2-9(12)6-10(11)13;/h2-3,6,8,14H,4-5,7H2,1H3;1H/t8-;/m0./s1. The molecule has 0 aromatic heterocycles. The Kier molecular flexibility index (Phi) is 6.10. The zero-order valence-electron chi connectivity index (χ0n) is 10.3. The van der Waals surface area contributed by atoms with Crippen molar-refractivity contribution < 1.29 is 8.42 Å². The van der Waals surface area contributed by atoms with Crippen molar-refractivity contribution >= 4 is 50.0 Å². The fraction of sp³-hybridized carbons (Fsp3) is 0.455. The number of hydrogen-bond acceptors (Lipinski definition) is 3. The molecule has 0 unspecified atom stereocenters. The molecule has 1 heterocycles. The van der Waals surface area contributed by atoms with Gasteiger partial charge in [0.05, 0.1) is 5.02 Å². The second kappa shape index (κ2) is 6.74. The zero-order valence-corrected chi connectivity index (χ0v) is 14.2. The minimum atomic E-state index is -3.52. The fourth-order valence-electron chi connectivity index (χ4n) is 1.99. The normalized spacial score (nSPS) is 20.9. The second-order valence-electron chi connectivity index (χ2n) is 4.24. The molecule has 1 fully saturated rings. The van der Waals surface area contributed by atoms with Crippen LogP contribution in [0.1, 0.15) is 6.92 Å². The molecule has 2 rings (SSSR count). The van der Waals surface area contributed by atoms with E-state index in [1.54, 1.807) is 12.1 Å². The van der Waals surface area contributed by atoms with Gasteiger partial charge >= 0.3 is 0 Å². The summed E-state index contributed by atoms with van der Waals surface area (Å²) >= 11 is 9.30. The third-order valence-corrected chi connectivity index (χ3v) is 5.91. The maximum Gasteiger partial charge on any atom is 0.244 e. The Morgan fingerprint density at radius 2 is 2.16 bits per heavy atom. The van der Waals surface area contributed by atoms with Gasteiger partial charge in [-0.2, -0.15) is 4.31 Å². The van der Waals surface area contributed by atoms with Crippen LogP contribution in [0.25, 0.3) is 0 Å². The molecule has 1 atom stereocenters. The van der Waals surface area contributed by atoms with Gasteiger partial charge < -0.3 is 5.32 Å². The maximum atomic E-state index is 12.5. The zero-order chi connectivity index (χ0) is 13.3. The van der Waals surface area contributed by atoms with E-state index in [0.717, 1.165) is 4.47 Å². The van der Waals surface area contributed by atoms with Crippen molar-refractivity contribution in [1.82, 2.24) is 9.62 Å². The molecule has 1 N–H and O–H groups in total. The van der Waals surface area contributed by atoms with Crippen LogP contribution in [0.15, 0.2) is 27.6 Å². The van der Waals surface area contributed by atoms with E-state index in [1.165, 1.54) is 10.4 Å². The summed E-state index contributed by atoms with van der Waals surface area (Å²) in [5.41, 5.74) is 0. The largest absolute Gasteiger partial charge is 0.314 e. The third kappa shape index (κ3) is 3.62. The van der Waals surface area contributed by atoms with Crippen LogP contribution in [0.2, 0.25) is 5.02 Å². The summed E-state index contributed by atoms with van der Waals surface area (Å²) in [4.78, 5) is 0.168. The molecule has 0 spiro atoms. The van der Waals surface area contributed by atoms with Gasteiger partial charge in [-0.1, -0.05) is 27.5 Å². The predicted molar refractivity (Wildman–Crippen MR) is 82.6 cm³/mol. The second-order valence-corrected chi connectivity index (χ2v) is 7.43. The van der Waals surface area contributed by atoms with E-state index in [4.69, 9.17) is 11.6 Å². The van der Waals surface area contributed by atoms with Crippen molar-refractivity contribution in [2.24, 2.45) is 0 Å². The average Bonchev–Trinajstić information content (AvgIpc) is 2.28. The smallest absolute Gasteiger partial charge is 0.244 e. The molecule has 1 aromatic rings. The Hall–Kier alpha value is 0.150. The number of hydrogen-bond donors (Lipinski definition) is 1. The SMILES string of the molecule is C[C@H]1CNCCN1S(=O)(=O)c1ccc(Br)cc1Cl.Cl. The van der Waals surface area contributed by atoms with E-state index in [-0.39, 0.29) is 28.4 Å². The first kappa shape index (κ1) is 17.2. The highest BCUT2D eigenvalue weighted by Gasteiger charge is 2.32. The molecule has 0 bridgehead atoms. The summed E-state index contributed by atoms with van der Waals surface area (Å²) < 4.78 is 27.3. The minimum absolute atomic E-state index is 0. The number of piperazine rings is 1. The van der Waals surface area contributed by atoms with Gasteiger partial charge in [0, 0.05) is 30.1 Å². The van der Waals surface area contributed by atoms with Crippen molar-refractivity contribution in [3.63, 3.8) is 0 Å². The first-order chi connectivity index (χ1) is 8.43. The van der Waals surface area contributed by atoms with Gasteiger partial charge in [0.1, 0.15) is 4.90 Å². The summed E-state index contributed by atoms with van der Waals surface area (Å²) in [7, 11) is -3.52. The van der Waals surface area contributed by atoms with E-state index in [0.29, 0.717) is 19.6 Å². The molecule has 1 aliphatic rings. The molecule has 0 aliphatic carbocycles. The summed E-state index contributed by atoms with van der Waals surface area (Å²) in [5, 5.41) is 3.41. The summed E-state index contributed by atoms with van der Waals surface area (Å²) in [6.07, 6.45) is 0.